The molecule has 0 spiro atoms. The zero-order valence-electron chi connectivity index (χ0n) is 9.68. The van der Waals surface area contributed by atoms with Crippen molar-refractivity contribution in [2.75, 3.05) is 12.4 Å². The van der Waals surface area contributed by atoms with Gasteiger partial charge >= 0.3 is 5.69 Å². The quantitative estimate of drug-likeness (QED) is 0.769. The Labute approximate surface area is 102 Å². The van der Waals surface area contributed by atoms with Gasteiger partial charge in [0.2, 0.25) is 5.95 Å². The van der Waals surface area contributed by atoms with E-state index in [0.717, 1.165) is 10.6 Å². The summed E-state index contributed by atoms with van der Waals surface area (Å²) in [7, 11) is 3.41. The first-order chi connectivity index (χ1) is 8.11. The van der Waals surface area contributed by atoms with Gasteiger partial charge in [0, 0.05) is 25.9 Å². The molecule has 2 N–H and O–H groups in total. The van der Waals surface area contributed by atoms with Gasteiger partial charge in [0.05, 0.1) is 0 Å². The average molecular weight is 252 g/mol. The Morgan fingerprint density at radius 3 is 2.88 bits per heavy atom. The topological polar surface area (TPSA) is 88.5 Å². The number of nitrogens with zero attached hydrogens (tertiary/aromatic N) is 4. The molecule has 0 fully saturated rings. The van der Waals surface area contributed by atoms with Crippen LogP contribution in [0, 0.1) is 6.92 Å². The molecule has 2 aromatic rings. The molecule has 0 amide bonds. The molecule has 0 radical (unpaired) electrons. The highest BCUT2D eigenvalue weighted by Crippen LogP contribution is 2.25. The molecule has 2 rings (SSSR count). The number of aromatic amines is 1. The Morgan fingerprint density at radius 2 is 2.29 bits per heavy atom. The van der Waals surface area contributed by atoms with E-state index in [1.807, 2.05) is 6.92 Å². The predicted octanol–water partition coefficient (Wildman–Crippen LogP) is 0.400. The van der Waals surface area contributed by atoms with Crippen LogP contribution in [0.3, 0.4) is 0 Å². The third kappa shape index (κ3) is 2.31. The van der Waals surface area contributed by atoms with Crippen molar-refractivity contribution in [3.63, 3.8) is 0 Å². The molecule has 0 unspecified atom stereocenters. The lowest BCUT2D eigenvalue weighted by Gasteiger charge is -2.05. The van der Waals surface area contributed by atoms with E-state index < -0.39 is 0 Å². The lowest BCUT2D eigenvalue weighted by Crippen LogP contribution is -2.12. The maximum Gasteiger partial charge on any atom is 0.343 e. The summed E-state index contributed by atoms with van der Waals surface area (Å²) in [5.74, 6) is 0.540. The minimum absolute atomic E-state index is 0.243. The van der Waals surface area contributed by atoms with E-state index in [-0.39, 0.29) is 5.69 Å². The number of rotatable bonds is 3. The fraction of sp³-hybridized carbons (Fsp3) is 0.333. The molecule has 0 atom stereocenters. The molecule has 7 nitrogen and oxygen atoms in total. The van der Waals surface area contributed by atoms with Crippen molar-refractivity contribution in [2.24, 2.45) is 7.05 Å². The van der Waals surface area contributed by atoms with Crippen LogP contribution in [-0.4, -0.2) is 31.8 Å². The summed E-state index contributed by atoms with van der Waals surface area (Å²) < 4.78 is 1.44. The molecule has 0 aliphatic carbocycles. The van der Waals surface area contributed by atoms with Gasteiger partial charge in [-0.05, 0) is 18.7 Å². The van der Waals surface area contributed by atoms with Crippen molar-refractivity contribution in [1.29, 1.82) is 0 Å². The Bertz CT molecular complexity index is 589. The average Bonchev–Trinajstić information content (AvgIpc) is 2.64. The van der Waals surface area contributed by atoms with E-state index in [1.165, 1.54) is 16.3 Å². The van der Waals surface area contributed by atoms with Crippen molar-refractivity contribution >= 4 is 17.7 Å². The van der Waals surface area contributed by atoms with Gasteiger partial charge < -0.3 is 5.32 Å². The Morgan fingerprint density at radius 1 is 1.53 bits per heavy atom. The normalized spacial score (nSPS) is 10.5. The van der Waals surface area contributed by atoms with Gasteiger partial charge in [-0.25, -0.2) is 19.9 Å². The van der Waals surface area contributed by atoms with E-state index >= 15 is 0 Å². The lowest BCUT2D eigenvalue weighted by molar-refractivity contribution is 0.764. The van der Waals surface area contributed by atoms with E-state index in [1.54, 1.807) is 20.3 Å². The van der Waals surface area contributed by atoms with Crippen molar-refractivity contribution in [1.82, 2.24) is 24.7 Å². The summed E-state index contributed by atoms with van der Waals surface area (Å²) in [5, 5.41) is 10.5. The smallest absolute Gasteiger partial charge is 0.343 e. The number of aryl methyl sites for hydroxylation is 1. The van der Waals surface area contributed by atoms with Crippen LogP contribution in [0.25, 0.3) is 0 Å². The fourth-order valence-electron chi connectivity index (χ4n) is 1.16. The van der Waals surface area contributed by atoms with E-state index in [9.17, 15) is 4.79 Å². The van der Waals surface area contributed by atoms with E-state index in [0.29, 0.717) is 11.1 Å². The fourth-order valence-corrected chi connectivity index (χ4v) is 1.99. The van der Waals surface area contributed by atoms with Crippen LogP contribution in [0.4, 0.5) is 5.95 Å². The molecule has 0 saturated heterocycles. The first-order valence-electron chi connectivity index (χ1n) is 4.92. The number of hydrogen-bond donors (Lipinski definition) is 2. The Balaban J connectivity index is 2.35. The number of hydrogen-bond acceptors (Lipinski definition) is 6. The molecule has 17 heavy (non-hydrogen) atoms. The molecule has 0 bridgehead atoms. The van der Waals surface area contributed by atoms with Crippen molar-refractivity contribution in [3.8, 4) is 0 Å². The molecule has 8 heteroatoms. The number of H-pyrrole nitrogens is 1. The van der Waals surface area contributed by atoms with Crippen LogP contribution >= 0.6 is 11.8 Å². The standard InChI is InChI=1S/C9H12N6OS/c1-5-4-11-7(10-2)12-6(5)17-9-14-13-8(16)15(9)3/h4H,1-3H3,(H,13,16)(H,10,11,12). The monoisotopic (exact) mass is 252 g/mol. The van der Waals surface area contributed by atoms with Crippen LogP contribution in [0.1, 0.15) is 5.56 Å². The third-order valence-electron chi connectivity index (χ3n) is 2.18. The molecule has 2 heterocycles. The highest BCUT2D eigenvalue weighted by atomic mass is 32.2. The summed E-state index contributed by atoms with van der Waals surface area (Å²) >= 11 is 1.32. The van der Waals surface area contributed by atoms with Crippen molar-refractivity contribution in [2.45, 2.75) is 17.1 Å². The van der Waals surface area contributed by atoms with Gasteiger partial charge in [0.25, 0.3) is 0 Å². The van der Waals surface area contributed by atoms with Crippen molar-refractivity contribution < 1.29 is 0 Å². The molecule has 90 valence electrons. The molecule has 2 aromatic heterocycles. The first kappa shape index (κ1) is 11.6. The minimum atomic E-state index is -0.243. The van der Waals surface area contributed by atoms with E-state index in [4.69, 9.17) is 0 Å². The molecular weight excluding hydrogens is 240 g/mol. The third-order valence-corrected chi connectivity index (χ3v) is 3.33. The zero-order valence-corrected chi connectivity index (χ0v) is 10.5. The van der Waals surface area contributed by atoms with Gasteiger partial charge in [-0.1, -0.05) is 0 Å². The maximum atomic E-state index is 11.2. The van der Waals surface area contributed by atoms with Crippen molar-refractivity contribution in [3.05, 3.63) is 22.2 Å². The summed E-state index contributed by atoms with van der Waals surface area (Å²) in [5.41, 5.74) is 0.692. The molecular formula is C9H12N6OS. The number of nitrogens with one attached hydrogen (secondary N) is 2. The van der Waals surface area contributed by atoms with Gasteiger partial charge in [0.1, 0.15) is 5.03 Å². The molecule has 0 aliphatic heterocycles. The minimum Gasteiger partial charge on any atom is -0.357 e. The summed E-state index contributed by atoms with van der Waals surface area (Å²) in [6, 6.07) is 0. The summed E-state index contributed by atoms with van der Waals surface area (Å²) in [6.07, 6.45) is 1.73. The largest absolute Gasteiger partial charge is 0.357 e. The number of aromatic nitrogens is 5. The summed E-state index contributed by atoms with van der Waals surface area (Å²) in [4.78, 5) is 19.6. The second-order valence-corrected chi connectivity index (χ2v) is 4.36. The lowest BCUT2D eigenvalue weighted by atomic mass is 10.4. The Kier molecular flexibility index (Phi) is 3.14. The Hall–Kier alpha value is -1.83. The van der Waals surface area contributed by atoms with Crippen LogP contribution in [0.2, 0.25) is 0 Å². The van der Waals surface area contributed by atoms with Gasteiger partial charge in [-0.3, -0.25) is 4.57 Å². The SMILES string of the molecule is CNc1ncc(C)c(Sc2n[nH]c(=O)n2C)n1. The zero-order chi connectivity index (χ0) is 12.4. The van der Waals surface area contributed by atoms with E-state index in [2.05, 4.69) is 25.5 Å². The maximum absolute atomic E-state index is 11.2. The van der Waals surface area contributed by atoms with Crippen LogP contribution in [0.15, 0.2) is 21.2 Å². The highest BCUT2D eigenvalue weighted by molar-refractivity contribution is 7.99. The van der Waals surface area contributed by atoms with Crippen LogP contribution in [-0.2, 0) is 7.05 Å². The molecule has 0 saturated carbocycles. The second kappa shape index (κ2) is 4.58. The second-order valence-electron chi connectivity index (χ2n) is 3.40. The van der Waals surface area contributed by atoms with Gasteiger partial charge in [-0.2, -0.15) is 0 Å². The molecule has 0 aromatic carbocycles. The van der Waals surface area contributed by atoms with Gasteiger partial charge in [0.15, 0.2) is 5.16 Å². The van der Waals surface area contributed by atoms with Crippen LogP contribution in [0.5, 0.6) is 0 Å². The summed E-state index contributed by atoms with van der Waals surface area (Å²) in [6.45, 7) is 1.91. The van der Waals surface area contributed by atoms with Gasteiger partial charge in [-0.15, -0.1) is 5.10 Å². The highest BCUT2D eigenvalue weighted by Gasteiger charge is 2.10. The van der Waals surface area contributed by atoms with Crippen LogP contribution < -0.4 is 11.0 Å². The molecule has 0 aliphatic rings. The first-order valence-corrected chi connectivity index (χ1v) is 5.74. The predicted molar refractivity (Wildman–Crippen MR) is 64.3 cm³/mol. The number of anilines is 1.